The third kappa shape index (κ3) is 3.17. The minimum absolute atomic E-state index is 0.0461. The van der Waals surface area contributed by atoms with Gasteiger partial charge in [0.05, 0.1) is 13.2 Å². The first-order chi connectivity index (χ1) is 11.5. The Labute approximate surface area is 138 Å². The summed E-state index contributed by atoms with van der Waals surface area (Å²) in [6.45, 7) is 4.57. The molecule has 0 saturated heterocycles. The summed E-state index contributed by atoms with van der Waals surface area (Å²) >= 11 is 0. The predicted molar refractivity (Wildman–Crippen MR) is 84.3 cm³/mol. The first-order valence-corrected chi connectivity index (χ1v) is 7.83. The lowest BCUT2D eigenvalue weighted by atomic mass is 9.83. The van der Waals surface area contributed by atoms with E-state index in [1.165, 1.54) is 12.1 Å². The number of fused-ring (bicyclic) bond motifs is 1. The highest BCUT2D eigenvalue weighted by Gasteiger charge is 2.29. The van der Waals surface area contributed by atoms with E-state index in [1.807, 2.05) is 0 Å². The molecule has 2 heterocycles. The smallest absolute Gasteiger partial charge is 0.414 e. The summed E-state index contributed by atoms with van der Waals surface area (Å²) in [6, 6.07) is 4.44. The van der Waals surface area contributed by atoms with E-state index in [0.717, 1.165) is 11.4 Å². The molecule has 1 aliphatic heterocycles. The van der Waals surface area contributed by atoms with E-state index in [2.05, 4.69) is 22.3 Å². The topological polar surface area (TPSA) is 89.3 Å². The van der Waals surface area contributed by atoms with E-state index < -0.39 is 11.9 Å². The minimum Gasteiger partial charge on any atom is -0.505 e. The van der Waals surface area contributed by atoms with Gasteiger partial charge in [-0.2, -0.15) is 4.98 Å². The first-order valence-electron chi connectivity index (χ1n) is 7.83. The fraction of sp³-hybridized carbons (Fsp3) is 0.438. The van der Waals surface area contributed by atoms with Crippen LogP contribution in [0.1, 0.15) is 31.2 Å². The molecule has 24 heavy (non-hydrogen) atoms. The zero-order valence-electron chi connectivity index (χ0n) is 13.5. The van der Waals surface area contributed by atoms with Gasteiger partial charge in [-0.3, -0.25) is 5.32 Å². The molecule has 1 aromatic heterocycles. The number of halogens is 1. The van der Waals surface area contributed by atoms with E-state index in [0.29, 0.717) is 13.0 Å². The maximum atomic E-state index is 13.6. The number of phenolic OH excluding ortho intramolecular Hbond substituents is 1. The van der Waals surface area contributed by atoms with E-state index in [1.54, 1.807) is 17.7 Å². The van der Waals surface area contributed by atoms with E-state index in [9.17, 15) is 14.3 Å². The molecular formula is C16H19FN4O3. The Balaban J connectivity index is 1.80. The molecule has 2 atom stereocenters. The maximum Gasteiger partial charge on any atom is 0.414 e. The van der Waals surface area contributed by atoms with Gasteiger partial charge in [-0.1, -0.05) is 13.0 Å². The fourth-order valence-corrected chi connectivity index (χ4v) is 2.97. The van der Waals surface area contributed by atoms with Crippen LogP contribution in [0.5, 0.6) is 5.75 Å². The molecule has 2 unspecified atom stereocenters. The quantitative estimate of drug-likeness (QED) is 0.901. The molecule has 128 valence electrons. The highest BCUT2D eigenvalue weighted by molar-refractivity contribution is 5.82. The monoisotopic (exact) mass is 334 g/mol. The van der Waals surface area contributed by atoms with Crippen molar-refractivity contribution in [2.75, 3.05) is 11.9 Å². The third-order valence-corrected chi connectivity index (χ3v) is 4.20. The summed E-state index contributed by atoms with van der Waals surface area (Å²) in [5, 5.41) is 16.1. The summed E-state index contributed by atoms with van der Waals surface area (Å²) in [4.78, 5) is 15.8. The Morgan fingerprint density at radius 3 is 3.04 bits per heavy atom. The van der Waals surface area contributed by atoms with Crippen molar-refractivity contribution < 1.29 is 19.0 Å². The highest BCUT2D eigenvalue weighted by atomic mass is 19.1. The SMILES string of the molecule is CCOC(=O)Nc1nc2n(n1)CC(c1ccc(O)c(F)c1)C(C)C2. The van der Waals surface area contributed by atoms with Crippen LogP contribution in [0.4, 0.5) is 15.1 Å². The van der Waals surface area contributed by atoms with Gasteiger partial charge in [-0.25, -0.2) is 13.9 Å². The lowest BCUT2D eigenvalue weighted by Crippen LogP contribution is -2.27. The second-order valence-corrected chi connectivity index (χ2v) is 5.88. The Morgan fingerprint density at radius 2 is 2.33 bits per heavy atom. The number of nitrogens with one attached hydrogen (secondary N) is 1. The fourth-order valence-electron chi connectivity index (χ4n) is 2.97. The van der Waals surface area contributed by atoms with Gasteiger partial charge in [0.2, 0.25) is 0 Å². The summed E-state index contributed by atoms with van der Waals surface area (Å²) in [6.07, 6.45) is 0.0654. The van der Waals surface area contributed by atoms with Crippen LogP contribution in [0.15, 0.2) is 18.2 Å². The molecule has 2 N–H and O–H groups in total. The van der Waals surface area contributed by atoms with Gasteiger partial charge in [0.15, 0.2) is 11.6 Å². The number of nitrogens with zero attached hydrogens (tertiary/aromatic N) is 3. The zero-order chi connectivity index (χ0) is 17.3. The van der Waals surface area contributed by atoms with Crippen molar-refractivity contribution in [1.29, 1.82) is 0 Å². The molecule has 0 radical (unpaired) electrons. The minimum atomic E-state index is -0.631. The number of phenols is 1. The third-order valence-electron chi connectivity index (χ3n) is 4.20. The number of hydrogen-bond acceptors (Lipinski definition) is 5. The molecule has 0 bridgehead atoms. The van der Waals surface area contributed by atoms with Gasteiger partial charge in [0, 0.05) is 12.3 Å². The molecule has 0 fully saturated rings. The van der Waals surface area contributed by atoms with Gasteiger partial charge in [-0.15, -0.1) is 5.10 Å². The molecule has 0 saturated carbocycles. The van der Waals surface area contributed by atoms with Crippen molar-refractivity contribution in [2.24, 2.45) is 5.92 Å². The van der Waals surface area contributed by atoms with Gasteiger partial charge in [0.1, 0.15) is 5.82 Å². The summed E-state index contributed by atoms with van der Waals surface area (Å²) in [5.41, 5.74) is 0.804. The summed E-state index contributed by atoms with van der Waals surface area (Å²) in [5.74, 6) is 0.252. The molecule has 7 nitrogen and oxygen atoms in total. The molecule has 8 heteroatoms. The van der Waals surface area contributed by atoms with Crippen LogP contribution < -0.4 is 5.32 Å². The van der Waals surface area contributed by atoms with Crippen LogP contribution in [-0.2, 0) is 17.7 Å². The molecule has 3 rings (SSSR count). The molecule has 1 amide bonds. The normalized spacial score (nSPS) is 19.6. The standard InChI is InChI=1S/C16H19FN4O3/c1-3-24-16(23)19-15-18-14-6-9(2)11(8-21(14)20-15)10-4-5-13(22)12(17)7-10/h4-5,7,9,11,22H,3,6,8H2,1-2H3,(H,19,20,23). The van der Waals surface area contributed by atoms with E-state index in [4.69, 9.17) is 4.74 Å². The Morgan fingerprint density at radius 1 is 1.54 bits per heavy atom. The Hall–Kier alpha value is -2.64. The molecule has 0 aliphatic carbocycles. The number of aromatic nitrogens is 3. The molecule has 1 aliphatic rings. The number of ether oxygens (including phenoxy) is 1. The number of aromatic hydroxyl groups is 1. The lowest BCUT2D eigenvalue weighted by Gasteiger charge is -2.29. The van der Waals surface area contributed by atoms with Crippen LogP contribution in [-0.4, -0.2) is 32.6 Å². The number of hydrogen-bond donors (Lipinski definition) is 2. The second kappa shape index (κ2) is 6.46. The zero-order valence-corrected chi connectivity index (χ0v) is 13.5. The van der Waals surface area contributed by atoms with Crippen molar-refractivity contribution in [3.63, 3.8) is 0 Å². The predicted octanol–water partition coefficient (Wildman–Crippen LogP) is 2.67. The van der Waals surface area contributed by atoms with E-state index >= 15 is 0 Å². The van der Waals surface area contributed by atoms with Crippen LogP contribution >= 0.6 is 0 Å². The molecule has 0 spiro atoms. The average Bonchev–Trinajstić information content (AvgIpc) is 2.90. The maximum absolute atomic E-state index is 13.6. The largest absolute Gasteiger partial charge is 0.505 e. The van der Waals surface area contributed by atoms with Crippen LogP contribution in [0.3, 0.4) is 0 Å². The van der Waals surface area contributed by atoms with Gasteiger partial charge >= 0.3 is 6.09 Å². The molecular weight excluding hydrogens is 315 g/mol. The van der Waals surface area contributed by atoms with Crippen molar-refractivity contribution >= 4 is 12.0 Å². The number of carbonyl (C=O) groups is 1. The van der Waals surface area contributed by atoms with Crippen molar-refractivity contribution in [3.05, 3.63) is 35.4 Å². The van der Waals surface area contributed by atoms with Gasteiger partial charge in [-0.05, 0) is 30.5 Å². The van der Waals surface area contributed by atoms with Crippen LogP contribution in [0.25, 0.3) is 0 Å². The van der Waals surface area contributed by atoms with Crippen molar-refractivity contribution in [2.45, 2.75) is 32.7 Å². The van der Waals surface area contributed by atoms with Gasteiger partial charge in [0.25, 0.3) is 5.95 Å². The number of rotatable bonds is 3. The van der Waals surface area contributed by atoms with Crippen LogP contribution in [0.2, 0.25) is 0 Å². The van der Waals surface area contributed by atoms with Crippen molar-refractivity contribution in [3.8, 4) is 5.75 Å². The summed E-state index contributed by atoms with van der Waals surface area (Å²) in [7, 11) is 0. The highest BCUT2D eigenvalue weighted by Crippen LogP contribution is 2.34. The molecule has 2 aromatic rings. The second-order valence-electron chi connectivity index (χ2n) is 5.88. The Bertz CT molecular complexity index is 762. The first kappa shape index (κ1) is 16.2. The van der Waals surface area contributed by atoms with Crippen molar-refractivity contribution in [1.82, 2.24) is 14.8 Å². The number of benzene rings is 1. The molecule has 1 aromatic carbocycles. The lowest BCUT2D eigenvalue weighted by molar-refractivity contribution is 0.167. The number of amides is 1. The number of carbonyl (C=O) groups excluding carboxylic acids is 1. The summed E-state index contributed by atoms with van der Waals surface area (Å²) < 4.78 is 20.2. The van der Waals surface area contributed by atoms with Crippen LogP contribution in [0, 0.1) is 11.7 Å². The average molecular weight is 334 g/mol. The number of anilines is 1. The van der Waals surface area contributed by atoms with Gasteiger partial charge < -0.3 is 9.84 Å². The Kier molecular flexibility index (Phi) is 4.37. The van der Waals surface area contributed by atoms with E-state index in [-0.39, 0.29) is 30.1 Å².